The quantitative estimate of drug-likeness (QED) is 0.929. The molecule has 2 atom stereocenters. The smallest absolute Gasteiger partial charge is 0.240 e. The summed E-state index contributed by atoms with van der Waals surface area (Å²) in [6.07, 6.45) is 1.09. The van der Waals surface area contributed by atoms with E-state index >= 15 is 0 Å². The highest BCUT2D eigenvalue weighted by Gasteiger charge is 2.31. The number of amides is 1. The van der Waals surface area contributed by atoms with Gasteiger partial charge in [0.05, 0.1) is 9.83 Å². The first kappa shape index (κ1) is 13.1. The summed E-state index contributed by atoms with van der Waals surface area (Å²) in [4.78, 5) is 14.0. The molecule has 0 bridgehead atoms. The lowest BCUT2D eigenvalue weighted by atomic mass is 10.0. The predicted octanol–water partition coefficient (Wildman–Crippen LogP) is 2.47. The Morgan fingerprint density at radius 2 is 2.47 bits per heavy atom. The molecule has 0 aliphatic carbocycles. The van der Waals surface area contributed by atoms with Crippen LogP contribution in [0.3, 0.4) is 0 Å². The monoisotopic (exact) mass is 316 g/mol. The SMILES string of the molecule is CC1CCNC1C(=O)N(C)Cc1csc(Br)c1. The second kappa shape index (κ2) is 5.50. The van der Waals surface area contributed by atoms with Gasteiger partial charge in [0.2, 0.25) is 5.91 Å². The number of hydrogen-bond acceptors (Lipinski definition) is 3. The number of rotatable bonds is 3. The zero-order chi connectivity index (χ0) is 12.4. The highest BCUT2D eigenvalue weighted by atomic mass is 79.9. The molecule has 2 rings (SSSR count). The second-order valence-electron chi connectivity index (χ2n) is 4.65. The van der Waals surface area contributed by atoms with E-state index in [0.29, 0.717) is 12.5 Å². The van der Waals surface area contributed by atoms with Crippen molar-refractivity contribution >= 4 is 33.2 Å². The summed E-state index contributed by atoms with van der Waals surface area (Å²) in [7, 11) is 1.88. The standard InChI is InChI=1S/C12H17BrN2OS/c1-8-3-4-14-11(8)12(16)15(2)6-9-5-10(13)17-7-9/h5,7-8,11,14H,3-4,6H2,1-2H3. The fraction of sp³-hybridized carbons (Fsp3) is 0.583. The molecule has 0 saturated carbocycles. The molecule has 1 aliphatic heterocycles. The fourth-order valence-electron chi connectivity index (χ4n) is 2.18. The van der Waals surface area contributed by atoms with E-state index in [1.54, 1.807) is 11.3 Å². The van der Waals surface area contributed by atoms with Crippen molar-refractivity contribution < 1.29 is 4.79 Å². The van der Waals surface area contributed by atoms with Gasteiger partial charge in [-0.15, -0.1) is 11.3 Å². The summed E-state index contributed by atoms with van der Waals surface area (Å²) in [6, 6.07) is 2.07. The van der Waals surface area contributed by atoms with Crippen molar-refractivity contribution in [1.82, 2.24) is 10.2 Å². The molecule has 1 aliphatic rings. The summed E-state index contributed by atoms with van der Waals surface area (Å²) >= 11 is 5.09. The van der Waals surface area contributed by atoms with E-state index in [9.17, 15) is 4.79 Å². The first-order chi connectivity index (χ1) is 8.08. The third-order valence-electron chi connectivity index (χ3n) is 3.22. The highest BCUT2D eigenvalue weighted by Crippen LogP contribution is 2.22. The largest absolute Gasteiger partial charge is 0.340 e. The van der Waals surface area contributed by atoms with Crippen LogP contribution >= 0.6 is 27.3 Å². The molecule has 2 unspecified atom stereocenters. The third kappa shape index (κ3) is 3.09. The van der Waals surface area contributed by atoms with Crippen LogP contribution in [0.5, 0.6) is 0 Å². The number of thiophene rings is 1. The maximum Gasteiger partial charge on any atom is 0.240 e. The average molecular weight is 317 g/mol. The Kier molecular flexibility index (Phi) is 4.22. The molecule has 1 aromatic heterocycles. The summed E-state index contributed by atoms with van der Waals surface area (Å²) in [5.74, 6) is 0.650. The molecule has 17 heavy (non-hydrogen) atoms. The molecular formula is C12H17BrN2OS. The topological polar surface area (TPSA) is 32.3 Å². The van der Waals surface area contributed by atoms with Crippen molar-refractivity contribution in [1.29, 1.82) is 0 Å². The minimum absolute atomic E-state index is 0.00192. The van der Waals surface area contributed by atoms with Crippen LogP contribution in [0.25, 0.3) is 0 Å². The highest BCUT2D eigenvalue weighted by molar-refractivity contribution is 9.11. The molecule has 0 radical (unpaired) electrons. The van der Waals surface area contributed by atoms with Gasteiger partial charge in [-0.3, -0.25) is 4.79 Å². The number of likely N-dealkylation sites (N-methyl/N-ethyl adjacent to an activating group) is 1. The van der Waals surface area contributed by atoms with Crippen LogP contribution in [0.1, 0.15) is 18.9 Å². The average Bonchev–Trinajstić information content (AvgIpc) is 2.86. The molecule has 1 fully saturated rings. The van der Waals surface area contributed by atoms with Crippen LogP contribution in [-0.4, -0.2) is 30.4 Å². The first-order valence-corrected chi connectivity index (χ1v) is 7.46. The minimum Gasteiger partial charge on any atom is -0.340 e. The zero-order valence-electron chi connectivity index (χ0n) is 10.1. The van der Waals surface area contributed by atoms with Crippen molar-refractivity contribution in [2.24, 2.45) is 5.92 Å². The Labute approximate surface area is 114 Å². The van der Waals surface area contributed by atoms with E-state index in [1.165, 1.54) is 5.56 Å². The summed E-state index contributed by atoms with van der Waals surface area (Å²) in [5.41, 5.74) is 1.18. The number of halogens is 1. The number of hydrogen-bond donors (Lipinski definition) is 1. The van der Waals surface area contributed by atoms with E-state index in [4.69, 9.17) is 0 Å². The Morgan fingerprint density at radius 1 is 1.71 bits per heavy atom. The summed E-state index contributed by atoms with van der Waals surface area (Å²) in [6.45, 7) is 3.78. The van der Waals surface area contributed by atoms with Crippen molar-refractivity contribution in [2.45, 2.75) is 25.9 Å². The Hall–Kier alpha value is -0.390. The van der Waals surface area contributed by atoms with Gasteiger partial charge in [0, 0.05) is 13.6 Å². The first-order valence-electron chi connectivity index (χ1n) is 5.79. The molecule has 5 heteroatoms. The molecule has 1 aromatic rings. The van der Waals surface area contributed by atoms with E-state index in [1.807, 2.05) is 11.9 Å². The van der Waals surface area contributed by atoms with Gasteiger partial charge in [-0.05, 0) is 51.8 Å². The van der Waals surface area contributed by atoms with Gasteiger partial charge in [0.15, 0.2) is 0 Å². The second-order valence-corrected chi connectivity index (χ2v) is 6.94. The van der Waals surface area contributed by atoms with E-state index < -0.39 is 0 Å². The molecule has 0 spiro atoms. The molecule has 0 aromatic carbocycles. The number of carbonyl (C=O) groups excluding carboxylic acids is 1. The van der Waals surface area contributed by atoms with Gasteiger partial charge < -0.3 is 10.2 Å². The lowest BCUT2D eigenvalue weighted by molar-refractivity contribution is -0.133. The lowest BCUT2D eigenvalue weighted by Gasteiger charge is -2.23. The van der Waals surface area contributed by atoms with E-state index in [2.05, 4.69) is 39.6 Å². The van der Waals surface area contributed by atoms with Crippen molar-refractivity contribution in [3.63, 3.8) is 0 Å². The minimum atomic E-state index is 0.00192. The molecule has 1 N–H and O–H groups in total. The number of nitrogens with zero attached hydrogens (tertiary/aromatic N) is 1. The predicted molar refractivity (Wildman–Crippen MR) is 74.1 cm³/mol. The van der Waals surface area contributed by atoms with Gasteiger partial charge in [0.25, 0.3) is 0 Å². The lowest BCUT2D eigenvalue weighted by Crippen LogP contribution is -2.43. The van der Waals surface area contributed by atoms with Gasteiger partial charge in [-0.25, -0.2) is 0 Å². The van der Waals surface area contributed by atoms with Crippen molar-refractivity contribution in [3.05, 3.63) is 20.8 Å². The summed E-state index contributed by atoms with van der Waals surface area (Å²) in [5, 5.41) is 5.36. The van der Waals surface area contributed by atoms with E-state index in [-0.39, 0.29) is 11.9 Å². The van der Waals surface area contributed by atoms with Gasteiger partial charge >= 0.3 is 0 Å². The Balaban J connectivity index is 1.95. The van der Waals surface area contributed by atoms with Crippen molar-refractivity contribution in [2.75, 3.05) is 13.6 Å². The van der Waals surface area contributed by atoms with Crippen LogP contribution in [-0.2, 0) is 11.3 Å². The molecule has 1 saturated heterocycles. The molecular weight excluding hydrogens is 300 g/mol. The maximum absolute atomic E-state index is 12.2. The van der Waals surface area contributed by atoms with Crippen LogP contribution in [0, 0.1) is 5.92 Å². The zero-order valence-corrected chi connectivity index (χ0v) is 12.5. The van der Waals surface area contributed by atoms with Gasteiger partial charge in [-0.2, -0.15) is 0 Å². The number of carbonyl (C=O) groups is 1. The molecule has 2 heterocycles. The maximum atomic E-state index is 12.2. The van der Waals surface area contributed by atoms with Crippen LogP contribution in [0.4, 0.5) is 0 Å². The van der Waals surface area contributed by atoms with Crippen LogP contribution in [0.2, 0.25) is 0 Å². The normalized spacial score (nSPS) is 23.9. The van der Waals surface area contributed by atoms with Gasteiger partial charge in [-0.1, -0.05) is 6.92 Å². The summed E-state index contributed by atoms with van der Waals surface area (Å²) < 4.78 is 1.11. The fourth-order valence-corrected chi connectivity index (χ4v) is 3.38. The van der Waals surface area contributed by atoms with Crippen LogP contribution < -0.4 is 5.32 Å². The molecule has 94 valence electrons. The van der Waals surface area contributed by atoms with E-state index in [0.717, 1.165) is 16.8 Å². The Morgan fingerprint density at radius 3 is 3.00 bits per heavy atom. The van der Waals surface area contributed by atoms with Crippen molar-refractivity contribution in [3.8, 4) is 0 Å². The molecule has 1 amide bonds. The molecule has 3 nitrogen and oxygen atoms in total. The van der Waals surface area contributed by atoms with Crippen LogP contribution in [0.15, 0.2) is 15.2 Å². The van der Waals surface area contributed by atoms with Gasteiger partial charge in [0.1, 0.15) is 0 Å². The Bertz CT molecular complexity index is 407. The third-order valence-corrected chi connectivity index (χ3v) is 4.77. The number of nitrogens with one attached hydrogen (secondary N) is 1.